The van der Waals surface area contributed by atoms with Crippen LogP contribution in [0, 0.1) is 0 Å². The first kappa shape index (κ1) is 16.5. The highest BCUT2D eigenvalue weighted by Crippen LogP contribution is 2.17. The van der Waals surface area contributed by atoms with E-state index in [9.17, 15) is 4.79 Å². The van der Waals surface area contributed by atoms with Crippen molar-refractivity contribution in [1.29, 1.82) is 0 Å². The van der Waals surface area contributed by atoms with Crippen LogP contribution in [0.2, 0.25) is 0 Å². The molecule has 5 heteroatoms. The van der Waals surface area contributed by atoms with Crippen molar-refractivity contribution >= 4 is 11.6 Å². The number of nitrogens with zero attached hydrogens (tertiary/aromatic N) is 1. The molecule has 1 saturated heterocycles. The predicted octanol–water partition coefficient (Wildman–Crippen LogP) is 1.71. The van der Waals surface area contributed by atoms with Gasteiger partial charge in [0.15, 0.2) is 0 Å². The van der Waals surface area contributed by atoms with Crippen LogP contribution >= 0.6 is 0 Å². The summed E-state index contributed by atoms with van der Waals surface area (Å²) in [6.45, 7) is 2.73. The van der Waals surface area contributed by atoms with Crippen molar-refractivity contribution in [2.75, 3.05) is 31.1 Å². The second kappa shape index (κ2) is 7.95. The van der Waals surface area contributed by atoms with Gasteiger partial charge in [0.1, 0.15) is 6.04 Å². The van der Waals surface area contributed by atoms with E-state index in [1.54, 1.807) is 0 Å². The quantitative estimate of drug-likeness (QED) is 0.878. The molecule has 126 valence electrons. The van der Waals surface area contributed by atoms with Gasteiger partial charge >= 0.3 is 0 Å². The third-order valence-electron chi connectivity index (χ3n) is 4.21. The molecular formula is C19H23N3O2. The average Bonchev–Trinajstić information content (AvgIpc) is 2.67. The van der Waals surface area contributed by atoms with Gasteiger partial charge in [-0.05, 0) is 17.7 Å². The highest BCUT2D eigenvalue weighted by molar-refractivity contribution is 5.82. The molecule has 2 atom stereocenters. The molecule has 0 saturated carbocycles. The number of para-hydroxylation sites is 1. The van der Waals surface area contributed by atoms with E-state index in [1.165, 1.54) is 5.69 Å². The fraction of sp³-hybridized carbons (Fsp3) is 0.316. The molecule has 0 aromatic heterocycles. The zero-order valence-corrected chi connectivity index (χ0v) is 13.6. The molecule has 0 spiro atoms. The monoisotopic (exact) mass is 325 g/mol. The Hall–Kier alpha value is -2.37. The molecule has 1 aliphatic rings. The lowest BCUT2D eigenvalue weighted by Crippen LogP contribution is -2.48. The maximum Gasteiger partial charge on any atom is 0.241 e. The number of nitrogens with one attached hydrogen (secondary N) is 1. The minimum Gasteiger partial charge on any atom is -0.373 e. The van der Waals surface area contributed by atoms with E-state index in [1.807, 2.05) is 48.5 Å². The Kier molecular flexibility index (Phi) is 5.46. The summed E-state index contributed by atoms with van der Waals surface area (Å²) in [5.74, 6) is -0.179. The highest BCUT2D eigenvalue weighted by atomic mass is 16.5. The Labute approximate surface area is 142 Å². The third-order valence-corrected chi connectivity index (χ3v) is 4.21. The second-order valence-corrected chi connectivity index (χ2v) is 5.91. The first-order valence-corrected chi connectivity index (χ1v) is 8.24. The smallest absolute Gasteiger partial charge is 0.241 e. The summed E-state index contributed by atoms with van der Waals surface area (Å²) in [6, 6.07) is 19.0. The molecule has 5 nitrogen and oxygen atoms in total. The van der Waals surface area contributed by atoms with Gasteiger partial charge in [-0.3, -0.25) is 4.79 Å². The average molecular weight is 325 g/mol. The number of rotatable bonds is 5. The van der Waals surface area contributed by atoms with Crippen molar-refractivity contribution in [2.24, 2.45) is 5.73 Å². The summed E-state index contributed by atoms with van der Waals surface area (Å²) in [5.41, 5.74) is 8.00. The predicted molar refractivity (Wildman–Crippen MR) is 94.8 cm³/mol. The number of carbonyl (C=O) groups excluding carboxylic acids is 1. The molecule has 24 heavy (non-hydrogen) atoms. The van der Waals surface area contributed by atoms with Crippen LogP contribution in [0.25, 0.3) is 0 Å². The molecule has 3 N–H and O–H groups in total. The first-order valence-electron chi connectivity index (χ1n) is 8.24. The van der Waals surface area contributed by atoms with Crippen molar-refractivity contribution in [3.8, 4) is 0 Å². The number of hydrogen-bond donors (Lipinski definition) is 2. The molecule has 1 aliphatic heterocycles. The van der Waals surface area contributed by atoms with Crippen molar-refractivity contribution < 1.29 is 9.53 Å². The number of hydrogen-bond acceptors (Lipinski definition) is 4. The largest absolute Gasteiger partial charge is 0.373 e. The number of amides is 1. The van der Waals surface area contributed by atoms with Crippen LogP contribution in [0.5, 0.6) is 0 Å². The van der Waals surface area contributed by atoms with Crippen molar-refractivity contribution in [2.45, 2.75) is 12.1 Å². The minimum atomic E-state index is -0.653. The van der Waals surface area contributed by atoms with Crippen LogP contribution in [0.3, 0.4) is 0 Å². The number of ether oxygens (including phenoxy) is 1. The maximum atomic E-state index is 12.2. The molecule has 2 aromatic rings. The van der Waals surface area contributed by atoms with Crippen LogP contribution < -0.4 is 16.0 Å². The van der Waals surface area contributed by atoms with Gasteiger partial charge < -0.3 is 20.7 Å². The van der Waals surface area contributed by atoms with Crippen LogP contribution in [-0.2, 0) is 9.53 Å². The highest BCUT2D eigenvalue weighted by Gasteiger charge is 2.22. The molecule has 0 aliphatic carbocycles. The van der Waals surface area contributed by atoms with Gasteiger partial charge in [-0.15, -0.1) is 0 Å². The van der Waals surface area contributed by atoms with Gasteiger partial charge in [0, 0.05) is 25.3 Å². The first-order chi connectivity index (χ1) is 11.7. The van der Waals surface area contributed by atoms with E-state index in [0.29, 0.717) is 13.2 Å². The Bertz CT molecular complexity index is 648. The minimum absolute atomic E-state index is 0.0362. The van der Waals surface area contributed by atoms with Gasteiger partial charge in [0.2, 0.25) is 5.91 Å². The molecule has 1 amide bonds. The van der Waals surface area contributed by atoms with Crippen LogP contribution in [0.4, 0.5) is 5.69 Å². The lowest BCUT2D eigenvalue weighted by Gasteiger charge is -2.34. The zero-order chi connectivity index (χ0) is 16.8. The zero-order valence-electron chi connectivity index (χ0n) is 13.6. The summed E-state index contributed by atoms with van der Waals surface area (Å²) in [6.07, 6.45) is -0.0362. The van der Waals surface area contributed by atoms with Crippen LogP contribution in [0.15, 0.2) is 60.7 Å². The maximum absolute atomic E-state index is 12.2. The Morgan fingerprint density at radius 2 is 1.83 bits per heavy atom. The lowest BCUT2D eigenvalue weighted by atomic mass is 10.1. The fourth-order valence-corrected chi connectivity index (χ4v) is 2.85. The number of carbonyl (C=O) groups is 1. The van der Waals surface area contributed by atoms with E-state index >= 15 is 0 Å². The molecule has 0 bridgehead atoms. The molecular weight excluding hydrogens is 302 g/mol. The Morgan fingerprint density at radius 1 is 1.17 bits per heavy atom. The number of benzene rings is 2. The van der Waals surface area contributed by atoms with Crippen molar-refractivity contribution in [1.82, 2.24) is 5.32 Å². The van der Waals surface area contributed by atoms with E-state index in [-0.39, 0.29) is 12.0 Å². The van der Waals surface area contributed by atoms with E-state index in [0.717, 1.165) is 18.7 Å². The van der Waals surface area contributed by atoms with Gasteiger partial charge in [-0.1, -0.05) is 48.5 Å². The molecule has 0 radical (unpaired) electrons. The summed E-state index contributed by atoms with van der Waals surface area (Å²) in [5, 5.41) is 2.91. The number of anilines is 1. The van der Waals surface area contributed by atoms with Gasteiger partial charge in [-0.2, -0.15) is 0 Å². The molecule has 1 fully saturated rings. The fourth-order valence-electron chi connectivity index (χ4n) is 2.85. The molecule has 2 aromatic carbocycles. The Morgan fingerprint density at radius 3 is 2.54 bits per heavy atom. The summed E-state index contributed by atoms with van der Waals surface area (Å²) < 4.78 is 5.77. The van der Waals surface area contributed by atoms with E-state index < -0.39 is 6.04 Å². The second-order valence-electron chi connectivity index (χ2n) is 5.91. The molecule has 3 rings (SSSR count). The van der Waals surface area contributed by atoms with E-state index in [2.05, 4.69) is 22.3 Å². The van der Waals surface area contributed by atoms with E-state index in [4.69, 9.17) is 10.5 Å². The number of morpholine rings is 1. The molecule has 1 heterocycles. The van der Waals surface area contributed by atoms with Crippen molar-refractivity contribution in [3.05, 3.63) is 66.2 Å². The standard InChI is InChI=1S/C19H23N3O2/c20-18(15-7-3-1-4-8-15)19(23)21-13-17-14-22(11-12-24-17)16-9-5-2-6-10-16/h1-10,17-18H,11-14,20H2,(H,21,23). The topological polar surface area (TPSA) is 67.6 Å². The summed E-state index contributed by atoms with van der Waals surface area (Å²) in [7, 11) is 0. The SMILES string of the molecule is NC(C(=O)NCC1CN(c2ccccc2)CCO1)c1ccccc1. The summed E-state index contributed by atoms with van der Waals surface area (Å²) in [4.78, 5) is 14.5. The van der Waals surface area contributed by atoms with Gasteiger partial charge in [0.05, 0.1) is 12.7 Å². The lowest BCUT2D eigenvalue weighted by molar-refractivity contribution is -0.123. The van der Waals surface area contributed by atoms with Gasteiger partial charge in [0.25, 0.3) is 0 Å². The van der Waals surface area contributed by atoms with Crippen LogP contribution in [0.1, 0.15) is 11.6 Å². The van der Waals surface area contributed by atoms with Crippen LogP contribution in [-0.4, -0.2) is 38.3 Å². The summed E-state index contributed by atoms with van der Waals surface area (Å²) >= 11 is 0. The number of nitrogens with two attached hydrogens (primary N) is 1. The van der Waals surface area contributed by atoms with Gasteiger partial charge in [-0.25, -0.2) is 0 Å². The Balaban J connectivity index is 1.52. The third kappa shape index (κ3) is 4.13. The van der Waals surface area contributed by atoms with Crippen molar-refractivity contribution in [3.63, 3.8) is 0 Å². The molecule has 2 unspecified atom stereocenters. The normalized spacial score (nSPS) is 18.9.